The lowest BCUT2D eigenvalue weighted by Gasteiger charge is -2.07. The number of hydrogen-bond acceptors (Lipinski definition) is 2. The van der Waals surface area contributed by atoms with Crippen molar-refractivity contribution in [2.45, 2.75) is 6.10 Å². The van der Waals surface area contributed by atoms with Crippen LogP contribution in [0.3, 0.4) is 0 Å². The summed E-state index contributed by atoms with van der Waals surface area (Å²) >= 11 is 0. The third-order valence-corrected chi connectivity index (χ3v) is 1.39. The first-order valence-corrected chi connectivity index (χ1v) is 3.74. The first-order chi connectivity index (χ1) is 5.83. The lowest BCUT2D eigenvalue weighted by molar-refractivity contribution is 0.144. The molecule has 0 aliphatic carbocycles. The van der Waals surface area contributed by atoms with Crippen LogP contribution in [0.15, 0.2) is 36.4 Å². The minimum absolute atomic E-state index is 0.195. The van der Waals surface area contributed by atoms with Crippen LogP contribution in [-0.4, -0.2) is 17.8 Å². The number of hydrogen-bond donors (Lipinski definition) is 1. The molecule has 2 heteroatoms. The van der Waals surface area contributed by atoms with Gasteiger partial charge in [-0.1, -0.05) is 30.9 Å². The average Bonchev–Trinajstić information content (AvgIpc) is 2.16. The van der Waals surface area contributed by atoms with E-state index in [2.05, 4.69) is 0 Å². The van der Waals surface area contributed by atoms with Crippen molar-refractivity contribution in [3.63, 3.8) is 0 Å². The van der Waals surface area contributed by atoms with Gasteiger partial charge in [-0.15, -0.1) is 0 Å². The summed E-state index contributed by atoms with van der Waals surface area (Å²) in [6, 6.07) is 9.28. The Kier molecular flexibility index (Phi) is 3.35. The quantitative estimate of drug-likeness (QED) is 0.727. The smallest absolute Gasteiger partial charge is 0.119 e. The van der Waals surface area contributed by atoms with Crippen molar-refractivity contribution in [3.8, 4) is 5.75 Å². The summed E-state index contributed by atoms with van der Waals surface area (Å²) in [5, 5.41) is 9.01. The maximum atomic E-state index is 9.01. The molecule has 0 unspecified atom stereocenters. The van der Waals surface area contributed by atoms with E-state index in [1.165, 1.54) is 6.08 Å². The van der Waals surface area contributed by atoms with Gasteiger partial charge in [0, 0.05) is 0 Å². The van der Waals surface area contributed by atoms with E-state index in [4.69, 9.17) is 16.4 Å². The maximum absolute atomic E-state index is 9.01. The van der Waals surface area contributed by atoms with Gasteiger partial charge in [-0.3, -0.25) is 0 Å². The first kappa shape index (κ1) is 8.81. The van der Waals surface area contributed by atoms with Crippen molar-refractivity contribution < 1.29 is 9.84 Å². The first-order valence-electron chi connectivity index (χ1n) is 3.74. The SMILES string of the molecule is [CH]=C[C@@H](O)COc1ccccc1. The van der Waals surface area contributed by atoms with Gasteiger partial charge in [0.2, 0.25) is 0 Å². The Bertz CT molecular complexity index is 231. The van der Waals surface area contributed by atoms with Crippen LogP contribution >= 0.6 is 0 Å². The molecule has 0 saturated heterocycles. The topological polar surface area (TPSA) is 29.5 Å². The van der Waals surface area contributed by atoms with Gasteiger partial charge in [-0.2, -0.15) is 0 Å². The van der Waals surface area contributed by atoms with Crippen LogP contribution in [0.25, 0.3) is 0 Å². The van der Waals surface area contributed by atoms with E-state index in [1.807, 2.05) is 30.3 Å². The standard InChI is InChI=1S/C10H11O2/c1-2-9(11)8-12-10-6-4-3-5-7-10/h1-7,9,11H,8H2/t9-/m1/s1. The Morgan fingerprint density at radius 1 is 1.42 bits per heavy atom. The molecule has 0 fully saturated rings. The monoisotopic (exact) mass is 163 g/mol. The third-order valence-electron chi connectivity index (χ3n) is 1.39. The minimum Gasteiger partial charge on any atom is -0.491 e. The average molecular weight is 163 g/mol. The summed E-state index contributed by atoms with van der Waals surface area (Å²) in [5.74, 6) is 0.735. The Labute approximate surface area is 72.1 Å². The zero-order valence-corrected chi connectivity index (χ0v) is 6.68. The molecule has 0 aliphatic rings. The van der Waals surface area contributed by atoms with Gasteiger partial charge < -0.3 is 9.84 Å². The summed E-state index contributed by atoms with van der Waals surface area (Å²) in [5.41, 5.74) is 0. The normalized spacial score (nSPS) is 12.1. The van der Waals surface area contributed by atoms with E-state index < -0.39 is 6.10 Å². The van der Waals surface area contributed by atoms with Crippen molar-refractivity contribution in [1.29, 1.82) is 0 Å². The molecular weight excluding hydrogens is 152 g/mol. The molecular formula is C10H11O2. The summed E-state index contributed by atoms with van der Waals surface area (Å²) < 4.78 is 5.20. The molecule has 1 radical (unpaired) electrons. The largest absolute Gasteiger partial charge is 0.491 e. The van der Waals surface area contributed by atoms with Gasteiger partial charge >= 0.3 is 0 Å². The van der Waals surface area contributed by atoms with Gasteiger partial charge in [0.25, 0.3) is 0 Å². The Balaban J connectivity index is 2.38. The van der Waals surface area contributed by atoms with Crippen LogP contribution in [-0.2, 0) is 0 Å². The number of rotatable bonds is 4. The van der Waals surface area contributed by atoms with E-state index in [1.54, 1.807) is 0 Å². The van der Waals surface area contributed by atoms with Crippen LogP contribution in [0.1, 0.15) is 0 Å². The highest BCUT2D eigenvalue weighted by Crippen LogP contribution is 2.08. The molecule has 2 nitrogen and oxygen atoms in total. The van der Waals surface area contributed by atoms with Crippen molar-refractivity contribution >= 4 is 0 Å². The van der Waals surface area contributed by atoms with Crippen molar-refractivity contribution in [2.24, 2.45) is 0 Å². The molecule has 0 heterocycles. The van der Waals surface area contributed by atoms with Gasteiger partial charge in [0.1, 0.15) is 18.5 Å². The molecule has 0 aliphatic heterocycles. The predicted octanol–water partition coefficient (Wildman–Crippen LogP) is 1.42. The number of benzene rings is 1. The molecule has 1 aromatic carbocycles. The van der Waals surface area contributed by atoms with Crippen molar-refractivity contribution in [3.05, 3.63) is 43.0 Å². The van der Waals surface area contributed by atoms with Crippen LogP contribution in [0.5, 0.6) is 5.75 Å². The molecule has 0 bridgehead atoms. The Morgan fingerprint density at radius 2 is 2.08 bits per heavy atom. The fraction of sp³-hybridized carbons (Fsp3) is 0.200. The molecule has 0 amide bonds. The van der Waals surface area contributed by atoms with Crippen molar-refractivity contribution in [1.82, 2.24) is 0 Å². The molecule has 0 aromatic heterocycles. The highest BCUT2D eigenvalue weighted by molar-refractivity contribution is 5.20. The second-order valence-corrected chi connectivity index (χ2v) is 2.38. The Hall–Kier alpha value is -1.28. The lowest BCUT2D eigenvalue weighted by Crippen LogP contribution is -2.13. The second kappa shape index (κ2) is 4.57. The van der Waals surface area contributed by atoms with E-state index in [0.29, 0.717) is 0 Å². The minimum atomic E-state index is -0.704. The Morgan fingerprint density at radius 3 is 2.67 bits per heavy atom. The lowest BCUT2D eigenvalue weighted by atomic mass is 10.3. The summed E-state index contributed by atoms with van der Waals surface area (Å²) in [4.78, 5) is 0. The van der Waals surface area contributed by atoms with Gasteiger partial charge in [-0.05, 0) is 12.1 Å². The van der Waals surface area contributed by atoms with Gasteiger partial charge in [-0.25, -0.2) is 0 Å². The fourth-order valence-corrected chi connectivity index (χ4v) is 0.754. The molecule has 0 saturated carbocycles. The molecule has 63 valence electrons. The zero-order chi connectivity index (χ0) is 8.81. The second-order valence-electron chi connectivity index (χ2n) is 2.38. The molecule has 1 atom stereocenters. The molecule has 1 rings (SSSR count). The van der Waals surface area contributed by atoms with Gasteiger partial charge in [0.05, 0.1) is 0 Å². The maximum Gasteiger partial charge on any atom is 0.119 e. The van der Waals surface area contributed by atoms with Crippen LogP contribution in [0.2, 0.25) is 0 Å². The molecule has 1 N–H and O–H groups in total. The number of ether oxygens (including phenoxy) is 1. The number of aliphatic hydroxyl groups excluding tert-OH is 1. The summed E-state index contributed by atoms with van der Waals surface area (Å²) in [7, 11) is 0. The van der Waals surface area contributed by atoms with E-state index in [9.17, 15) is 0 Å². The van der Waals surface area contributed by atoms with E-state index >= 15 is 0 Å². The van der Waals surface area contributed by atoms with Crippen LogP contribution < -0.4 is 4.74 Å². The highest BCUT2D eigenvalue weighted by Gasteiger charge is 1.97. The van der Waals surface area contributed by atoms with Gasteiger partial charge in [0.15, 0.2) is 0 Å². The highest BCUT2D eigenvalue weighted by atomic mass is 16.5. The summed E-state index contributed by atoms with van der Waals surface area (Å²) in [6.07, 6.45) is 0.494. The zero-order valence-electron chi connectivity index (χ0n) is 6.68. The van der Waals surface area contributed by atoms with Crippen molar-refractivity contribution in [2.75, 3.05) is 6.61 Å². The van der Waals surface area contributed by atoms with E-state index in [-0.39, 0.29) is 6.61 Å². The molecule has 1 aromatic rings. The fourth-order valence-electron chi connectivity index (χ4n) is 0.754. The van der Waals surface area contributed by atoms with E-state index in [0.717, 1.165) is 5.75 Å². The summed E-state index contributed by atoms with van der Waals surface area (Å²) in [6.45, 7) is 5.28. The van der Waals surface area contributed by atoms with Crippen LogP contribution in [0.4, 0.5) is 0 Å². The molecule has 0 spiro atoms. The third kappa shape index (κ3) is 2.76. The van der Waals surface area contributed by atoms with Crippen LogP contribution in [0, 0.1) is 6.58 Å². The molecule has 12 heavy (non-hydrogen) atoms. The predicted molar refractivity (Wildman–Crippen MR) is 46.8 cm³/mol. The number of aliphatic hydroxyl groups is 1. The number of para-hydroxylation sites is 1.